The molecular weight excluding hydrogens is 290 g/mol. The molecule has 23 heavy (non-hydrogen) atoms. The van der Waals surface area contributed by atoms with Gasteiger partial charge in [0, 0.05) is 0 Å². The minimum absolute atomic E-state index is 0.430. The molecule has 0 aliphatic carbocycles. The van der Waals surface area contributed by atoms with Crippen molar-refractivity contribution in [3.63, 3.8) is 0 Å². The zero-order chi connectivity index (χ0) is 16.8. The number of hydrogen-bond acceptors (Lipinski definition) is 3. The molecule has 0 spiro atoms. The maximum absolute atomic E-state index is 10.6. The zero-order valence-electron chi connectivity index (χ0n) is 14.4. The summed E-state index contributed by atoms with van der Waals surface area (Å²) in [7, 11) is 0. The third kappa shape index (κ3) is 9.93. The van der Waals surface area contributed by atoms with Gasteiger partial charge in [-0.2, -0.15) is 0 Å². The predicted molar refractivity (Wildman–Crippen MR) is 93.7 cm³/mol. The van der Waals surface area contributed by atoms with Crippen LogP contribution in [0, 0.1) is 10.1 Å². The summed E-state index contributed by atoms with van der Waals surface area (Å²) in [5.41, 5.74) is 0.889. The maximum atomic E-state index is 10.6. The predicted octanol–water partition coefficient (Wildman–Crippen LogP) is 6.25. The number of rotatable bonds is 14. The van der Waals surface area contributed by atoms with Crippen LogP contribution in [0.2, 0.25) is 0 Å². The Labute approximate surface area is 140 Å². The lowest BCUT2D eigenvalue weighted by molar-refractivity contribution is -0.771. The Morgan fingerprint density at radius 1 is 0.913 bits per heavy atom. The highest BCUT2D eigenvalue weighted by Crippen LogP contribution is 2.24. The van der Waals surface area contributed by atoms with Gasteiger partial charge < -0.3 is 4.84 Å². The quantitative estimate of drug-likeness (QED) is 0.231. The van der Waals surface area contributed by atoms with Gasteiger partial charge in [-0.25, -0.2) is 0 Å². The lowest BCUT2D eigenvalue weighted by Gasteiger charge is -2.15. The molecule has 0 saturated carbocycles. The Morgan fingerprint density at radius 3 is 1.96 bits per heavy atom. The first-order valence-electron chi connectivity index (χ1n) is 9.10. The van der Waals surface area contributed by atoms with Gasteiger partial charge in [0.15, 0.2) is 0 Å². The first kappa shape index (κ1) is 19.5. The van der Waals surface area contributed by atoms with E-state index in [1.54, 1.807) is 0 Å². The summed E-state index contributed by atoms with van der Waals surface area (Å²) >= 11 is 0. The smallest absolute Gasteiger partial charge is 0.295 e. The maximum Gasteiger partial charge on any atom is 0.295 e. The van der Waals surface area contributed by atoms with Crippen LogP contribution in [0.5, 0.6) is 0 Å². The minimum Gasteiger partial charge on any atom is -0.306 e. The topological polar surface area (TPSA) is 52.4 Å². The van der Waals surface area contributed by atoms with Gasteiger partial charge in [-0.3, -0.25) is 0 Å². The molecule has 4 nitrogen and oxygen atoms in total. The summed E-state index contributed by atoms with van der Waals surface area (Å²) in [5.74, 6) is 0. The summed E-state index contributed by atoms with van der Waals surface area (Å²) in [6.45, 7) is 2.24. The standard InChI is InChI=1S/C19H31NO3/c1-2-3-4-5-6-7-8-9-10-14-17-19(23-20(21)22)18-15-12-11-13-16-18/h11-13,15-16,19H,2-10,14,17H2,1H3. The monoisotopic (exact) mass is 321 g/mol. The van der Waals surface area contributed by atoms with Crippen molar-refractivity contribution in [1.82, 2.24) is 0 Å². The molecule has 0 heterocycles. The van der Waals surface area contributed by atoms with Crippen molar-refractivity contribution in [2.45, 2.75) is 83.7 Å². The number of benzene rings is 1. The molecule has 0 N–H and O–H groups in total. The van der Waals surface area contributed by atoms with Crippen molar-refractivity contribution < 1.29 is 9.92 Å². The molecule has 4 heteroatoms. The molecule has 0 fully saturated rings. The van der Waals surface area contributed by atoms with Gasteiger partial charge in [0.1, 0.15) is 6.10 Å². The van der Waals surface area contributed by atoms with Crippen molar-refractivity contribution in [1.29, 1.82) is 0 Å². The SMILES string of the molecule is CCCCCCCCCCCCC(O[N+](=O)[O-])c1ccccc1. The lowest BCUT2D eigenvalue weighted by atomic mass is 10.0. The first-order valence-corrected chi connectivity index (χ1v) is 9.10. The summed E-state index contributed by atoms with van der Waals surface area (Å²) in [6.07, 6.45) is 12.9. The molecule has 1 aromatic carbocycles. The average Bonchev–Trinajstić information content (AvgIpc) is 2.56. The molecule has 0 saturated heterocycles. The summed E-state index contributed by atoms with van der Waals surface area (Å²) in [6, 6.07) is 9.48. The third-order valence-corrected chi connectivity index (χ3v) is 4.20. The van der Waals surface area contributed by atoms with E-state index in [0.29, 0.717) is 6.42 Å². The average molecular weight is 321 g/mol. The van der Waals surface area contributed by atoms with Crippen LogP contribution in [0.1, 0.15) is 89.2 Å². The van der Waals surface area contributed by atoms with Gasteiger partial charge in [-0.15, -0.1) is 10.1 Å². The van der Waals surface area contributed by atoms with Crippen molar-refractivity contribution in [3.05, 3.63) is 46.0 Å². The fourth-order valence-corrected chi connectivity index (χ4v) is 2.87. The molecule has 0 amide bonds. The van der Waals surface area contributed by atoms with Crippen LogP contribution in [-0.2, 0) is 4.84 Å². The van der Waals surface area contributed by atoms with E-state index in [-0.39, 0.29) is 0 Å². The second-order valence-corrected chi connectivity index (χ2v) is 6.20. The minimum atomic E-state index is -0.673. The molecular formula is C19H31NO3. The van der Waals surface area contributed by atoms with E-state index in [9.17, 15) is 10.1 Å². The molecule has 1 atom stereocenters. The highest BCUT2D eigenvalue weighted by molar-refractivity contribution is 5.17. The molecule has 0 aliphatic heterocycles. The Hall–Kier alpha value is -1.58. The molecule has 0 aliphatic rings. The Kier molecular flexibility index (Phi) is 10.9. The summed E-state index contributed by atoms with van der Waals surface area (Å²) in [4.78, 5) is 15.5. The van der Waals surface area contributed by atoms with E-state index in [2.05, 4.69) is 6.92 Å². The Bertz CT molecular complexity index is 408. The Balaban J connectivity index is 2.12. The van der Waals surface area contributed by atoms with Crippen LogP contribution in [0.15, 0.2) is 30.3 Å². The number of nitrogens with zero attached hydrogens (tertiary/aromatic N) is 1. The van der Waals surface area contributed by atoms with Gasteiger partial charge >= 0.3 is 0 Å². The van der Waals surface area contributed by atoms with Crippen LogP contribution >= 0.6 is 0 Å². The van der Waals surface area contributed by atoms with E-state index in [1.807, 2.05) is 30.3 Å². The fraction of sp³-hybridized carbons (Fsp3) is 0.684. The largest absolute Gasteiger partial charge is 0.306 e. The molecule has 1 aromatic rings. The zero-order valence-corrected chi connectivity index (χ0v) is 14.4. The molecule has 0 bridgehead atoms. The summed E-state index contributed by atoms with van der Waals surface area (Å²) < 4.78 is 0. The van der Waals surface area contributed by atoms with Gasteiger partial charge in [0.25, 0.3) is 5.09 Å². The number of unbranched alkanes of at least 4 members (excludes halogenated alkanes) is 9. The first-order chi connectivity index (χ1) is 11.2. The van der Waals surface area contributed by atoms with E-state index in [0.717, 1.165) is 18.4 Å². The van der Waals surface area contributed by atoms with Gasteiger partial charge in [-0.1, -0.05) is 101 Å². The van der Waals surface area contributed by atoms with E-state index >= 15 is 0 Å². The van der Waals surface area contributed by atoms with Crippen LogP contribution in [0.3, 0.4) is 0 Å². The van der Waals surface area contributed by atoms with Crippen molar-refractivity contribution >= 4 is 0 Å². The highest BCUT2D eigenvalue weighted by Gasteiger charge is 2.15. The van der Waals surface area contributed by atoms with E-state index < -0.39 is 11.2 Å². The molecule has 1 rings (SSSR count). The second kappa shape index (κ2) is 12.9. The summed E-state index contributed by atoms with van der Waals surface area (Å²) in [5, 5.41) is 9.98. The van der Waals surface area contributed by atoms with Crippen LogP contribution in [0.4, 0.5) is 0 Å². The third-order valence-electron chi connectivity index (χ3n) is 4.20. The normalized spacial score (nSPS) is 12.0. The van der Waals surface area contributed by atoms with Gasteiger partial charge in [0.2, 0.25) is 0 Å². The van der Waals surface area contributed by atoms with E-state index in [1.165, 1.54) is 51.4 Å². The van der Waals surface area contributed by atoms with Crippen LogP contribution in [0.25, 0.3) is 0 Å². The number of hydrogen-bond donors (Lipinski definition) is 0. The van der Waals surface area contributed by atoms with Gasteiger partial charge in [-0.05, 0) is 12.0 Å². The molecule has 0 aromatic heterocycles. The van der Waals surface area contributed by atoms with Crippen molar-refractivity contribution in [2.24, 2.45) is 0 Å². The molecule has 0 radical (unpaired) electrons. The lowest BCUT2D eigenvalue weighted by Crippen LogP contribution is -2.09. The Morgan fingerprint density at radius 2 is 1.43 bits per heavy atom. The van der Waals surface area contributed by atoms with Crippen LogP contribution in [-0.4, -0.2) is 5.09 Å². The fourth-order valence-electron chi connectivity index (χ4n) is 2.87. The van der Waals surface area contributed by atoms with Crippen LogP contribution < -0.4 is 0 Å². The molecule has 130 valence electrons. The van der Waals surface area contributed by atoms with Crippen molar-refractivity contribution in [3.8, 4) is 0 Å². The molecule has 1 unspecified atom stereocenters. The second-order valence-electron chi connectivity index (χ2n) is 6.20. The van der Waals surface area contributed by atoms with E-state index in [4.69, 9.17) is 4.84 Å². The highest BCUT2D eigenvalue weighted by atomic mass is 17.0. The van der Waals surface area contributed by atoms with Gasteiger partial charge in [0.05, 0.1) is 0 Å². The van der Waals surface area contributed by atoms with Crippen molar-refractivity contribution in [2.75, 3.05) is 0 Å².